The number of carbonyl (C=O) groups is 1. The lowest BCUT2D eigenvalue weighted by atomic mass is 9.92. The van der Waals surface area contributed by atoms with Crippen LogP contribution in [0.4, 0.5) is 0 Å². The maximum Gasteiger partial charge on any atom is 0.306 e. The Morgan fingerprint density at radius 2 is 1.77 bits per heavy atom. The lowest BCUT2D eigenvalue weighted by Crippen LogP contribution is -2.40. The number of nitrogens with zero attached hydrogens (tertiary/aromatic N) is 1. The molecule has 1 aromatic carbocycles. The predicted molar refractivity (Wildman–Crippen MR) is 106 cm³/mol. The van der Waals surface area contributed by atoms with Crippen molar-refractivity contribution in [2.45, 2.75) is 51.0 Å². The van der Waals surface area contributed by atoms with E-state index < -0.39 is 9.84 Å². The van der Waals surface area contributed by atoms with Gasteiger partial charge in [0.15, 0.2) is 9.84 Å². The second-order valence-electron chi connectivity index (χ2n) is 8.04. The average Bonchev–Trinajstić information content (AvgIpc) is 2.53. The smallest absolute Gasteiger partial charge is 0.306 e. The highest BCUT2D eigenvalue weighted by Crippen LogP contribution is 2.22. The molecule has 1 aliphatic rings. The van der Waals surface area contributed by atoms with Gasteiger partial charge in [-0.05, 0) is 42.5 Å². The number of likely N-dealkylation sites (tertiary alicyclic amines) is 1. The van der Waals surface area contributed by atoms with Crippen LogP contribution in [-0.4, -0.2) is 50.8 Å². The van der Waals surface area contributed by atoms with E-state index in [9.17, 15) is 13.2 Å². The minimum absolute atomic E-state index is 0.0517. The fourth-order valence-electron chi connectivity index (χ4n) is 2.92. The number of carbonyl (C=O) groups excluding carboxylic acids is 1. The van der Waals surface area contributed by atoms with E-state index in [-0.39, 0.29) is 23.2 Å². The third-order valence-corrected chi connectivity index (χ3v) is 6.60. The van der Waals surface area contributed by atoms with Crippen LogP contribution in [0.15, 0.2) is 33.6 Å². The maximum atomic E-state index is 12.4. The standard InChI is InChI=1S/C19H28BrNO4S/c1-19(2,3)14-18(22)25-16-8-10-21(11-9-16)12-13-26(23,24)17-6-4-15(20)5-7-17/h4-7,16H,8-14H2,1-3H3. The van der Waals surface area contributed by atoms with Gasteiger partial charge in [0, 0.05) is 24.1 Å². The summed E-state index contributed by atoms with van der Waals surface area (Å²) >= 11 is 3.31. The molecule has 1 aromatic rings. The molecule has 0 saturated carbocycles. The van der Waals surface area contributed by atoms with Crippen molar-refractivity contribution in [3.8, 4) is 0 Å². The highest BCUT2D eigenvalue weighted by atomic mass is 79.9. The average molecular weight is 446 g/mol. The quantitative estimate of drug-likeness (QED) is 0.624. The van der Waals surface area contributed by atoms with Crippen molar-refractivity contribution in [1.29, 1.82) is 0 Å². The molecule has 0 aromatic heterocycles. The van der Waals surface area contributed by atoms with Crippen molar-refractivity contribution in [2.24, 2.45) is 5.41 Å². The Bertz CT molecular complexity index is 702. The van der Waals surface area contributed by atoms with Crippen LogP contribution in [0.5, 0.6) is 0 Å². The molecule has 0 radical (unpaired) electrons. The van der Waals surface area contributed by atoms with E-state index in [4.69, 9.17) is 4.74 Å². The van der Waals surface area contributed by atoms with Crippen molar-refractivity contribution < 1.29 is 17.9 Å². The van der Waals surface area contributed by atoms with E-state index >= 15 is 0 Å². The normalized spacial score (nSPS) is 17.2. The Hall–Kier alpha value is -0.920. The monoisotopic (exact) mass is 445 g/mol. The Morgan fingerprint density at radius 1 is 1.19 bits per heavy atom. The first-order valence-electron chi connectivity index (χ1n) is 8.95. The van der Waals surface area contributed by atoms with E-state index in [1.54, 1.807) is 24.3 Å². The largest absolute Gasteiger partial charge is 0.462 e. The molecule has 7 heteroatoms. The topological polar surface area (TPSA) is 63.7 Å². The highest BCUT2D eigenvalue weighted by Gasteiger charge is 2.25. The van der Waals surface area contributed by atoms with Gasteiger partial charge < -0.3 is 9.64 Å². The molecule has 0 bridgehead atoms. The van der Waals surface area contributed by atoms with Gasteiger partial charge in [0.2, 0.25) is 0 Å². The summed E-state index contributed by atoms with van der Waals surface area (Å²) < 4.78 is 31.2. The summed E-state index contributed by atoms with van der Waals surface area (Å²) in [4.78, 5) is 14.4. The SMILES string of the molecule is CC(C)(C)CC(=O)OC1CCN(CCS(=O)(=O)c2ccc(Br)cc2)CC1. The molecule has 0 atom stereocenters. The number of rotatable bonds is 6. The van der Waals surface area contributed by atoms with Gasteiger partial charge in [0.25, 0.3) is 0 Å². The number of hydrogen-bond acceptors (Lipinski definition) is 5. The second kappa shape index (κ2) is 8.85. The van der Waals surface area contributed by atoms with Crippen LogP contribution in [0.2, 0.25) is 0 Å². The number of benzene rings is 1. The van der Waals surface area contributed by atoms with E-state index in [1.165, 1.54) is 0 Å². The molecular formula is C19H28BrNO4S. The lowest BCUT2D eigenvalue weighted by molar-refractivity contribution is -0.153. The first kappa shape index (κ1) is 21.4. The molecule has 1 heterocycles. The molecule has 1 saturated heterocycles. The zero-order valence-electron chi connectivity index (χ0n) is 15.7. The zero-order chi connectivity index (χ0) is 19.4. The van der Waals surface area contributed by atoms with E-state index in [0.29, 0.717) is 17.9 Å². The number of piperidine rings is 1. The molecule has 0 unspecified atom stereocenters. The first-order chi connectivity index (χ1) is 12.0. The summed E-state index contributed by atoms with van der Waals surface area (Å²) in [5, 5.41) is 0. The van der Waals surface area contributed by atoms with Gasteiger partial charge in [-0.1, -0.05) is 36.7 Å². The molecule has 0 spiro atoms. The summed E-state index contributed by atoms with van der Waals surface area (Å²) in [5.41, 5.74) is -0.0703. The van der Waals surface area contributed by atoms with Crippen molar-refractivity contribution in [3.63, 3.8) is 0 Å². The summed E-state index contributed by atoms with van der Waals surface area (Å²) in [5.74, 6) is -0.0444. The summed E-state index contributed by atoms with van der Waals surface area (Å²) in [6.07, 6.45) is 1.88. The van der Waals surface area contributed by atoms with Gasteiger partial charge in [0.1, 0.15) is 6.10 Å². The van der Waals surface area contributed by atoms with Crippen LogP contribution in [0.1, 0.15) is 40.0 Å². The molecule has 146 valence electrons. The molecule has 1 aliphatic heterocycles. The minimum Gasteiger partial charge on any atom is -0.462 e. The number of ether oxygens (including phenoxy) is 1. The van der Waals surface area contributed by atoms with E-state index in [1.807, 2.05) is 20.8 Å². The number of hydrogen-bond donors (Lipinski definition) is 0. The van der Waals surface area contributed by atoms with Crippen molar-refractivity contribution in [2.75, 3.05) is 25.4 Å². The fourth-order valence-corrected chi connectivity index (χ4v) is 4.47. The molecule has 2 rings (SSSR count). The van der Waals surface area contributed by atoms with Gasteiger partial charge in [-0.15, -0.1) is 0 Å². The number of sulfone groups is 1. The third kappa shape index (κ3) is 7.00. The van der Waals surface area contributed by atoms with Gasteiger partial charge in [-0.2, -0.15) is 0 Å². The third-order valence-electron chi connectivity index (χ3n) is 4.36. The molecule has 0 N–H and O–H groups in total. The van der Waals surface area contributed by atoms with E-state index in [0.717, 1.165) is 30.4 Å². The Balaban J connectivity index is 1.76. The van der Waals surface area contributed by atoms with Crippen LogP contribution in [-0.2, 0) is 19.4 Å². The van der Waals surface area contributed by atoms with Crippen LogP contribution in [0.3, 0.4) is 0 Å². The maximum absolute atomic E-state index is 12.4. The molecule has 5 nitrogen and oxygen atoms in total. The summed E-state index contributed by atoms with van der Waals surface area (Å²) in [7, 11) is -3.28. The van der Waals surface area contributed by atoms with Crippen LogP contribution in [0.25, 0.3) is 0 Å². The van der Waals surface area contributed by atoms with E-state index in [2.05, 4.69) is 20.8 Å². The molecular weight excluding hydrogens is 418 g/mol. The van der Waals surface area contributed by atoms with Gasteiger partial charge in [0.05, 0.1) is 17.1 Å². The van der Waals surface area contributed by atoms with Crippen molar-refractivity contribution in [1.82, 2.24) is 4.90 Å². The summed E-state index contributed by atoms with van der Waals surface area (Å²) in [6.45, 7) is 8.06. The molecule has 0 aliphatic carbocycles. The predicted octanol–water partition coefficient (Wildman–Crippen LogP) is 3.67. The molecule has 0 amide bonds. The summed E-state index contributed by atoms with van der Waals surface area (Å²) in [6, 6.07) is 6.73. The highest BCUT2D eigenvalue weighted by molar-refractivity contribution is 9.10. The number of esters is 1. The van der Waals surface area contributed by atoms with Crippen LogP contribution < -0.4 is 0 Å². The minimum atomic E-state index is -3.28. The zero-order valence-corrected chi connectivity index (χ0v) is 18.1. The first-order valence-corrected chi connectivity index (χ1v) is 11.4. The fraction of sp³-hybridized carbons (Fsp3) is 0.632. The van der Waals surface area contributed by atoms with Crippen LogP contribution in [0, 0.1) is 5.41 Å². The van der Waals surface area contributed by atoms with Crippen molar-refractivity contribution in [3.05, 3.63) is 28.7 Å². The Morgan fingerprint density at radius 3 is 2.31 bits per heavy atom. The van der Waals surface area contributed by atoms with Gasteiger partial charge >= 0.3 is 5.97 Å². The molecule has 26 heavy (non-hydrogen) atoms. The Kier molecular flexibility index (Phi) is 7.27. The van der Waals surface area contributed by atoms with Crippen molar-refractivity contribution >= 4 is 31.7 Å². The second-order valence-corrected chi connectivity index (χ2v) is 11.1. The van der Waals surface area contributed by atoms with Gasteiger partial charge in [-0.25, -0.2) is 8.42 Å². The molecule has 1 fully saturated rings. The number of halogens is 1. The lowest BCUT2D eigenvalue weighted by Gasteiger charge is -2.32. The Labute approximate surface area is 165 Å². The van der Waals surface area contributed by atoms with Gasteiger partial charge in [-0.3, -0.25) is 4.79 Å². The van der Waals surface area contributed by atoms with Crippen LogP contribution >= 0.6 is 15.9 Å².